The zero-order valence-corrected chi connectivity index (χ0v) is 12.5. The summed E-state index contributed by atoms with van der Waals surface area (Å²) in [6.45, 7) is 1.33. The number of halogens is 1. The molecule has 2 N–H and O–H groups in total. The first-order chi connectivity index (χ1) is 10.7. The van der Waals surface area contributed by atoms with E-state index in [-0.39, 0.29) is 6.79 Å². The van der Waals surface area contributed by atoms with Gasteiger partial charge in [0.05, 0.1) is 24.9 Å². The number of fused-ring (bicyclic) bond motifs is 2. The number of rotatable bonds is 2. The highest BCUT2D eigenvalue weighted by Crippen LogP contribution is 2.32. The van der Waals surface area contributed by atoms with Crippen LogP contribution in [0.2, 0.25) is 5.02 Å². The number of nitrogen functional groups attached to an aromatic ring is 1. The summed E-state index contributed by atoms with van der Waals surface area (Å²) in [7, 11) is 0. The van der Waals surface area contributed by atoms with Crippen molar-refractivity contribution in [2.75, 3.05) is 12.5 Å². The molecule has 0 bridgehead atoms. The average Bonchev–Trinajstić information content (AvgIpc) is 2.89. The minimum Gasteiger partial charge on any atom is -0.467 e. The van der Waals surface area contributed by atoms with Gasteiger partial charge >= 0.3 is 0 Å². The van der Waals surface area contributed by atoms with Crippen molar-refractivity contribution >= 4 is 28.2 Å². The highest BCUT2D eigenvalue weighted by atomic mass is 35.5. The van der Waals surface area contributed by atoms with Crippen LogP contribution in [0, 0.1) is 0 Å². The van der Waals surface area contributed by atoms with Crippen molar-refractivity contribution in [2.45, 2.75) is 13.2 Å². The second-order valence-corrected chi connectivity index (χ2v) is 5.72. The van der Waals surface area contributed by atoms with E-state index in [0.717, 1.165) is 27.8 Å². The van der Waals surface area contributed by atoms with Crippen LogP contribution in [-0.4, -0.2) is 16.6 Å². The van der Waals surface area contributed by atoms with Gasteiger partial charge in [0.15, 0.2) is 6.79 Å². The summed E-state index contributed by atoms with van der Waals surface area (Å²) in [5.74, 6) is 0.836. The van der Waals surface area contributed by atoms with Crippen molar-refractivity contribution in [3.05, 3.63) is 52.7 Å². The van der Waals surface area contributed by atoms with Gasteiger partial charge in [-0.2, -0.15) is 5.10 Å². The van der Waals surface area contributed by atoms with E-state index in [1.807, 2.05) is 41.2 Å². The second kappa shape index (κ2) is 5.19. The van der Waals surface area contributed by atoms with E-state index in [1.165, 1.54) is 0 Å². The number of ether oxygens (including phenoxy) is 2. The van der Waals surface area contributed by atoms with E-state index in [9.17, 15) is 0 Å². The fourth-order valence-corrected chi connectivity index (χ4v) is 3.01. The van der Waals surface area contributed by atoms with Crippen molar-refractivity contribution < 1.29 is 9.47 Å². The van der Waals surface area contributed by atoms with Crippen molar-refractivity contribution in [3.63, 3.8) is 0 Å². The molecule has 4 rings (SSSR count). The molecule has 2 heterocycles. The van der Waals surface area contributed by atoms with E-state index >= 15 is 0 Å². The average molecular weight is 316 g/mol. The van der Waals surface area contributed by atoms with E-state index in [2.05, 4.69) is 5.10 Å². The third kappa shape index (κ3) is 2.28. The smallest absolute Gasteiger partial charge is 0.189 e. The molecular formula is C16H14ClN3O2. The first kappa shape index (κ1) is 13.4. The Kier molecular flexibility index (Phi) is 3.17. The van der Waals surface area contributed by atoms with Gasteiger partial charge in [0, 0.05) is 27.2 Å². The molecule has 0 fully saturated rings. The van der Waals surface area contributed by atoms with Gasteiger partial charge < -0.3 is 15.2 Å². The molecule has 1 aliphatic heterocycles. The summed E-state index contributed by atoms with van der Waals surface area (Å²) < 4.78 is 12.9. The Balaban J connectivity index is 1.79. The quantitative estimate of drug-likeness (QED) is 0.738. The molecule has 0 amide bonds. The molecule has 5 nitrogen and oxygen atoms in total. The van der Waals surface area contributed by atoms with Crippen molar-refractivity contribution in [1.29, 1.82) is 0 Å². The largest absolute Gasteiger partial charge is 0.467 e. The van der Waals surface area contributed by atoms with Gasteiger partial charge in [0.1, 0.15) is 5.75 Å². The summed E-state index contributed by atoms with van der Waals surface area (Å²) in [4.78, 5) is 0. The van der Waals surface area contributed by atoms with Crippen LogP contribution in [0.5, 0.6) is 5.75 Å². The van der Waals surface area contributed by atoms with Crippen molar-refractivity contribution in [2.24, 2.45) is 0 Å². The van der Waals surface area contributed by atoms with Crippen LogP contribution in [0.4, 0.5) is 5.69 Å². The molecule has 0 saturated carbocycles. The molecule has 2 aromatic carbocycles. The monoisotopic (exact) mass is 315 g/mol. The topological polar surface area (TPSA) is 62.3 Å². The van der Waals surface area contributed by atoms with Gasteiger partial charge in [-0.05, 0) is 30.3 Å². The molecule has 0 aliphatic carbocycles. The number of hydrogen-bond donors (Lipinski definition) is 1. The summed E-state index contributed by atoms with van der Waals surface area (Å²) in [5.41, 5.74) is 9.53. The number of nitrogens with two attached hydrogens (primary N) is 1. The van der Waals surface area contributed by atoms with Crippen LogP contribution in [0.3, 0.4) is 0 Å². The molecule has 0 radical (unpaired) electrons. The molecule has 0 saturated heterocycles. The molecule has 1 aromatic heterocycles. The summed E-state index contributed by atoms with van der Waals surface area (Å²) in [6, 6.07) is 9.54. The van der Waals surface area contributed by atoms with Crippen molar-refractivity contribution in [1.82, 2.24) is 9.78 Å². The standard InChI is InChI=1S/C16H14ClN3O2/c17-13-3-11(16-12(4-13)8-21-9-22-16)7-20-15-5-14(18)2-1-10(15)6-19-20/h1-6H,7-9,18H2. The maximum Gasteiger partial charge on any atom is 0.189 e. The van der Waals surface area contributed by atoms with Gasteiger partial charge in [-0.3, -0.25) is 4.68 Å². The lowest BCUT2D eigenvalue weighted by Crippen LogP contribution is -2.14. The van der Waals surface area contributed by atoms with Gasteiger partial charge in [-0.1, -0.05) is 11.6 Å². The lowest BCUT2D eigenvalue weighted by atomic mass is 10.1. The van der Waals surface area contributed by atoms with E-state index < -0.39 is 0 Å². The number of benzene rings is 2. The maximum absolute atomic E-state index is 6.20. The molecule has 1 aliphatic rings. The number of hydrogen-bond acceptors (Lipinski definition) is 4. The molecule has 0 atom stereocenters. The summed E-state index contributed by atoms with van der Waals surface area (Å²) >= 11 is 6.20. The van der Waals surface area contributed by atoms with Crippen LogP contribution in [0.15, 0.2) is 36.5 Å². The Bertz CT molecular complexity index is 860. The van der Waals surface area contributed by atoms with Crippen LogP contribution in [-0.2, 0) is 17.9 Å². The minimum atomic E-state index is 0.258. The predicted molar refractivity (Wildman–Crippen MR) is 85.0 cm³/mol. The summed E-state index contributed by atoms with van der Waals surface area (Å²) in [5, 5.41) is 6.16. The lowest BCUT2D eigenvalue weighted by Gasteiger charge is -2.21. The van der Waals surface area contributed by atoms with E-state index in [1.54, 1.807) is 0 Å². The Morgan fingerprint density at radius 3 is 3.09 bits per heavy atom. The van der Waals surface area contributed by atoms with E-state index in [4.69, 9.17) is 26.8 Å². The molecule has 3 aromatic rings. The highest BCUT2D eigenvalue weighted by molar-refractivity contribution is 6.30. The fourth-order valence-electron chi connectivity index (χ4n) is 2.75. The predicted octanol–water partition coefficient (Wildman–Crippen LogP) is 3.19. The first-order valence-corrected chi connectivity index (χ1v) is 7.31. The minimum absolute atomic E-state index is 0.258. The normalized spacial score (nSPS) is 13.9. The molecule has 22 heavy (non-hydrogen) atoms. The van der Waals surface area contributed by atoms with Crippen LogP contribution >= 0.6 is 11.6 Å². The van der Waals surface area contributed by atoms with Gasteiger partial charge in [-0.15, -0.1) is 0 Å². The third-order valence-corrected chi connectivity index (χ3v) is 3.96. The number of aromatic nitrogens is 2. The fraction of sp³-hybridized carbons (Fsp3) is 0.188. The number of nitrogens with zero attached hydrogens (tertiary/aromatic N) is 2. The van der Waals surface area contributed by atoms with Gasteiger partial charge in [0.25, 0.3) is 0 Å². The molecular weight excluding hydrogens is 302 g/mol. The molecule has 0 spiro atoms. The van der Waals surface area contributed by atoms with Crippen molar-refractivity contribution in [3.8, 4) is 5.75 Å². The molecule has 112 valence electrons. The Hall–Kier alpha value is -2.24. The lowest BCUT2D eigenvalue weighted by molar-refractivity contribution is -0.0171. The van der Waals surface area contributed by atoms with E-state index in [0.29, 0.717) is 23.9 Å². The maximum atomic E-state index is 6.20. The zero-order chi connectivity index (χ0) is 15.1. The van der Waals surface area contributed by atoms with Gasteiger partial charge in [0.2, 0.25) is 0 Å². The Morgan fingerprint density at radius 1 is 1.27 bits per heavy atom. The summed E-state index contributed by atoms with van der Waals surface area (Å²) in [6.07, 6.45) is 1.83. The molecule has 6 heteroatoms. The zero-order valence-electron chi connectivity index (χ0n) is 11.8. The first-order valence-electron chi connectivity index (χ1n) is 6.93. The second-order valence-electron chi connectivity index (χ2n) is 5.28. The molecule has 0 unspecified atom stereocenters. The van der Waals surface area contributed by atoms with Gasteiger partial charge in [-0.25, -0.2) is 0 Å². The third-order valence-electron chi connectivity index (χ3n) is 3.74. The Labute approximate surface area is 132 Å². The Morgan fingerprint density at radius 2 is 2.18 bits per heavy atom. The van der Waals surface area contributed by atoms with Crippen LogP contribution < -0.4 is 10.5 Å². The SMILES string of the molecule is Nc1ccc2cnn(Cc3cc(Cl)cc4c3OCOC4)c2c1. The highest BCUT2D eigenvalue weighted by Gasteiger charge is 2.17. The van der Waals surface area contributed by atoms with Crippen LogP contribution in [0.1, 0.15) is 11.1 Å². The number of anilines is 1. The van der Waals surface area contributed by atoms with Crippen LogP contribution in [0.25, 0.3) is 10.9 Å².